The first kappa shape index (κ1) is 12.3. The fourth-order valence-electron chi connectivity index (χ4n) is 1.50. The quantitative estimate of drug-likeness (QED) is 0.703. The van der Waals surface area contributed by atoms with Crippen molar-refractivity contribution in [3.63, 3.8) is 0 Å². The van der Waals surface area contributed by atoms with Crippen molar-refractivity contribution >= 4 is 0 Å². The molecule has 0 spiro atoms. The zero-order valence-corrected chi connectivity index (χ0v) is 10.2. The van der Waals surface area contributed by atoms with E-state index in [1.54, 1.807) is 0 Å². The number of nitrogens with one attached hydrogen (secondary N) is 1. The molecule has 1 N–H and O–H groups in total. The van der Waals surface area contributed by atoms with Crippen LogP contribution in [0, 0.1) is 5.92 Å². The van der Waals surface area contributed by atoms with E-state index in [9.17, 15) is 0 Å². The second-order valence-electron chi connectivity index (χ2n) is 4.58. The molecule has 1 rings (SSSR count). The van der Waals surface area contributed by atoms with Crippen molar-refractivity contribution in [1.29, 1.82) is 0 Å². The minimum atomic E-state index is 0.626. The van der Waals surface area contributed by atoms with Crippen LogP contribution in [0.4, 0.5) is 0 Å². The third-order valence-electron chi connectivity index (χ3n) is 2.95. The Hall–Kier alpha value is -0.820. The normalized spacial score (nSPS) is 13.1. The summed E-state index contributed by atoms with van der Waals surface area (Å²) in [6, 6.07) is 11.3. The first-order valence-corrected chi connectivity index (χ1v) is 5.97. The molecule has 0 saturated carbocycles. The van der Waals surface area contributed by atoms with Crippen LogP contribution in [-0.4, -0.2) is 12.6 Å². The van der Waals surface area contributed by atoms with E-state index in [2.05, 4.69) is 56.4 Å². The highest BCUT2D eigenvalue weighted by molar-refractivity contribution is 5.14. The SMILES string of the molecule is CC(C)[C@@H](C)NCCCc1ccccc1. The van der Waals surface area contributed by atoms with Gasteiger partial charge in [0.15, 0.2) is 0 Å². The molecule has 1 nitrogen and oxygen atoms in total. The van der Waals surface area contributed by atoms with Gasteiger partial charge in [-0.25, -0.2) is 0 Å². The molecule has 0 heterocycles. The lowest BCUT2D eigenvalue weighted by molar-refractivity contribution is 0.424. The lowest BCUT2D eigenvalue weighted by Gasteiger charge is -2.17. The fourth-order valence-corrected chi connectivity index (χ4v) is 1.50. The molecule has 0 amide bonds. The van der Waals surface area contributed by atoms with Crippen molar-refractivity contribution in [1.82, 2.24) is 5.32 Å². The average molecular weight is 205 g/mol. The standard InChI is InChI=1S/C14H23N/c1-12(2)13(3)15-11-7-10-14-8-5-4-6-9-14/h4-6,8-9,12-13,15H,7,10-11H2,1-3H3/t13-/m1/s1. The minimum absolute atomic E-state index is 0.626. The summed E-state index contributed by atoms with van der Waals surface area (Å²) in [5, 5.41) is 3.55. The van der Waals surface area contributed by atoms with Crippen molar-refractivity contribution in [2.75, 3.05) is 6.54 Å². The van der Waals surface area contributed by atoms with Crippen LogP contribution < -0.4 is 5.32 Å². The summed E-state index contributed by atoms with van der Waals surface area (Å²) in [6.45, 7) is 7.89. The zero-order chi connectivity index (χ0) is 11.1. The van der Waals surface area contributed by atoms with Gasteiger partial charge in [-0.05, 0) is 37.8 Å². The van der Waals surface area contributed by atoms with Crippen LogP contribution in [0.5, 0.6) is 0 Å². The number of hydrogen-bond acceptors (Lipinski definition) is 1. The third-order valence-corrected chi connectivity index (χ3v) is 2.95. The van der Waals surface area contributed by atoms with E-state index in [0.717, 1.165) is 12.5 Å². The van der Waals surface area contributed by atoms with E-state index in [-0.39, 0.29) is 0 Å². The van der Waals surface area contributed by atoms with Gasteiger partial charge in [-0.15, -0.1) is 0 Å². The van der Waals surface area contributed by atoms with Crippen LogP contribution in [0.25, 0.3) is 0 Å². The van der Waals surface area contributed by atoms with Crippen LogP contribution in [0.3, 0.4) is 0 Å². The summed E-state index contributed by atoms with van der Waals surface area (Å²) in [4.78, 5) is 0. The van der Waals surface area contributed by atoms with Crippen LogP contribution in [0.2, 0.25) is 0 Å². The van der Waals surface area contributed by atoms with Gasteiger partial charge in [-0.3, -0.25) is 0 Å². The van der Waals surface area contributed by atoms with Crippen molar-refractivity contribution < 1.29 is 0 Å². The molecular weight excluding hydrogens is 182 g/mol. The number of aryl methyl sites for hydroxylation is 1. The summed E-state index contributed by atoms with van der Waals surface area (Å²) in [6.07, 6.45) is 2.40. The zero-order valence-electron chi connectivity index (χ0n) is 10.2. The van der Waals surface area contributed by atoms with Gasteiger partial charge in [0, 0.05) is 6.04 Å². The lowest BCUT2D eigenvalue weighted by Crippen LogP contribution is -2.31. The molecule has 1 aromatic rings. The molecule has 0 aromatic heterocycles. The molecule has 0 aliphatic heterocycles. The van der Waals surface area contributed by atoms with E-state index in [4.69, 9.17) is 0 Å². The Morgan fingerprint density at radius 1 is 1.07 bits per heavy atom. The smallest absolute Gasteiger partial charge is 0.00617 e. The van der Waals surface area contributed by atoms with Crippen molar-refractivity contribution in [2.45, 2.75) is 39.7 Å². The molecule has 0 bridgehead atoms. The van der Waals surface area contributed by atoms with Crippen molar-refractivity contribution in [3.8, 4) is 0 Å². The Morgan fingerprint density at radius 3 is 2.33 bits per heavy atom. The topological polar surface area (TPSA) is 12.0 Å². The van der Waals surface area contributed by atoms with Crippen LogP contribution in [-0.2, 0) is 6.42 Å². The van der Waals surface area contributed by atoms with Gasteiger partial charge in [0.05, 0.1) is 0 Å². The lowest BCUT2D eigenvalue weighted by atomic mass is 10.1. The second kappa shape index (κ2) is 6.62. The Morgan fingerprint density at radius 2 is 1.73 bits per heavy atom. The van der Waals surface area contributed by atoms with E-state index in [1.165, 1.54) is 18.4 Å². The number of benzene rings is 1. The molecule has 1 atom stereocenters. The molecule has 0 saturated heterocycles. The number of rotatable bonds is 6. The Bertz CT molecular complexity index is 253. The fraction of sp³-hybridized carbons (Fsp3) is 0.571. The van der Waals surface area contributed by atoms with Gasteiger partial charge in [-0.1, -0.05) is 44.2 Å². The second-order valence-corrected chi connectivity index (χ2v) is 4.58. The molecular formula is C14H23N. The Balaban J connectivity index is 2.12. The highest BCUT2D eigenvalue weighted by Gasteiger charge is 2.04. The van der Waals surface area contributed by atoms with Crippen molar-refractivity contribution in [3.05, 3.63) is 35.9 Å². The average Bonchev–Trinajstić information content (AvgIpc) is 2.25. The first-order chi connectivity index (χ1) is 7.20. The molecule has 0 radical (unpaired) electrons. The summed E-state index contributed by atoms with van der Waals surface area (Å²) >= 11 is 0. The largest absolute Gasteiger partial charge is 0.314 e. The summed E-state index contributed by atoms with van der Waals surface area (Å²) in [7, 11) is 0. The van der Waals surface area contributed by atoms with Gasteiger partial charge < -0.3 is 5.32 Å². The summed E-state index contributed by atoms with van der Waals surface area (Å²) in [5.41, 5.74) is 1.44. The Labute approximate surface area is 93.9 Å². The molecule has 0 fully saturated rings. The van der Waals surface area contributed by atoms with E-state index >= 15 is 0 Å². The molecule has 1 heteroatoms. The highest BCUT2D eigenvalue weighted by atomic mass is 14.9. The molecule has 0 aliphatic carbocycles. The summed E-state index contributed by atoms with van der Waals surface area (Å²) < 4.78 is 0. The van der Waals surface area contributed by atoms with Gasteiger partial charge >= 0.3 is 0 Å². The van der Waals surface area contributed by atoms with Crippen LogP contribution in [0.15, 0.2) is 30.3 Å². The van der Waals surface area contributed by atoms with Gasteiger partial charge in [0.25, 0.3) is 0 Å². The van der Waals surface area contributed by atoms with E-state index in [0.29, 0.717) is 6.04 Å². The predicted octanol–water partition coefficient (Wildman–Crippen LogP) is 3.25. The molecule has 15 heavy (non-hydrogen) atoms. The van der Waals surface area contributed by atoms with Gasteiger partial charge in [-0.2, -0.15) is 0 Å². The maximum absolute atomic E-state index is 3.55. The predicted molar refractivity (Wildman–Crippen MR) is 67.1 cm³/mol. The Kier molecular flexibility index (Phi) is 5.41. The summed E-state index contributed by atoms with van der Waals surface area (Å²) in [5.74, 6) is 0.724. The molecule has 84 valence electrons. The van der Waals surface area contributed by atoms with E-state index < -0.39 is 0 Å². The first-order valence-electron chi connectivity index (χ1n) is 5.97. The monoisotopic (exact) mass is 205 g/mol. The molecule has 0 aliphatic rings. The highest BCUT2D eigenvalue weighted by Crippen LogP contribution is 2.03. The molecule has 0 unspecified atom stereocenters. The maximum atomic E-state index is 3.55. The van der Waals surface area contributed by atoms with Gasteiger partial charge in [0.1, 0.15) is 0 Å². The number of hydrogen-bond donors (Lipinski definition) is 1. The van der Waals surface area contributed by atoms with E-state index in [1.807, 2.05) is 0 Å². The third kappa shape index (κ3) is 4.98. The van der Waals surface area contributed by atoms with Gasteiger partial charge in [0.2, 0.25) is 0 Å². The maximum Gasteiger partial charge on any atom is 0.00617 e. The van der Waals surface area contributed by atoms with Crippen LogP contribution >= 0.6 is 0 Å². The molecule has 1 aromatic carbocycles. The van der Waals surface area contributed by atoms with Crippen molar-refractivity contribution in [2.24, 2.45) is 5.92 Å². The minimum Gasteiger partial charge on any atom is -0.314 e. The van der Waals surface area contributed by atoms with Crippen LogP contribution in [0.1, 0.15) is 32.8 Å².